The zero-order valence-electron chi connectivity index (χ0n) is 6.46. The molecule has 0 aliphatic rings. The molecular weight excluding hydrogens is 224 g/mol. The molecule has 0 aliphatic heterocycles. The summed E-state index contributed by atoms with van der Waals surface area (Å²) in [6.07, 6.45) is -0.605. The van der Waals surface area contributed by atoms with Gasteiger partial charge in [-0.2, -0.15) is 0 Å². The van der Waals surface area contributed by atoms with Gasteiger partial charge >= 0.3 is 103 Å². The SMILES string of the molecule is [K+].[K+].[NH-]S(=O)(=O)CCC(=O)[O-]. The maximum absolute atomic E-state index is 9.91. The molecular formula is C3H5K2NO4S. The number of hydrogen-bond acceptors (Lipinski definition) is 4. The number of carbonyl (C=O) groups excluding carboxylic acids is 1. The van der Waals surface area contributed by atoms with Crippen LogP contribution in [0.3, 0.4) is 0 Å². The first kappa shape index (κ1) is 19.3. The van der Waals surface area contributed by atoms with Crippen molar-refractivity contribution in [1.29, 1.82) is 0 Å². The average Bonchev–Trinajstić information content (AvgIpc) is 1.59. The third-order valence-corrected chi connectivity index (χ3v) is 1.32. The van der Waals surface area contributed by atoms with Gasteiger partial charge in [-0.15, -0.1) is 0 Å². The first-order valence-electron chi connectivity index (χ1n) is 2.09. The Morgan fingerprint density at radius 2 is 1.73 bits per heavy atom. The molecule has 0 spiro atoms. The Bertz CT molecular complexity index is 201. The molecule has 0 aliphatic carbocycles. The Balaban J connectivity index is -0.000000320. The Hall–Kier alpha value is 2.65. The summed E-state index contributed by atoms with van der Waals surface area (Å²) < 4.78 is 19.8. The van der Waals surface area contributed by atoms with Gasteiger partial charge in [0.05, 0.1) is 10.0 Å². The molecule has 0 saturated heterocycles. The van der Waals surface area contributed by atoms with Gasteiger partial charge in [0.1, 0.15) is 0 Å². The van der Waals surface area contributed by atoms with Gasteiger partial charge in [0.15, 0.2) is 0 Å². The molecule has 11 heavy (non-hydrogen) atoms. The molecule has 0 radical (unpaired) electrons. The normalized spacial score (nSPS) is 9.18. The number of carboxylic acid groups (broad SMARTS) is 1. The van der Waals surface area contributed by atoms with E-state index in [9.17, 15) is 18.3 Å². The molecule has 0 rings (SSSR count). The van der Waals surface area contributed by atoms with Gasteiger partial charge in [-0.05, 0) is 6.42 Å². The van der Waals surface area contributed by atoms with Gasteiger partial charge in [0.25, 0.3) is 0 Å². The van der Waals surface area contributed by atoms with E-state index in [1.54, 1.807) is 0 Å². The van der Waals surface area contributed by atoms with Crippen LogP contribution in [0.1, 0.15) is 6.42 Å². The topological polar surface area (TPSA) is 98.1 Å². The van der Waals surface area contributed by atoms with E-state index in [-0.39, 0.29) is 103 Å². The quantitative estimate of drug-likeness (QED) is 0.449. The predicted octanol–water partition coefficient (Wildman–Crippen LogP) is -7.48. The van der Waals surface area contributed by atoms with E-state index in [1.807, 2.05) is 0 Å². The van der Waals surface area contributed by atoms with Crippen molar-refractivity contribution in [3.63, 3.8) is 0 Å². The van der Waals surface area contributed by atoms with Crippen molar-refractivity contribution in [1.82, 2.24) is 0 Å². The number of rotatable bonds is 3. The largest absolute Gasteiger partial charge is 1.00 e. The molecule has 0 unspecified atom stereocenters. The number of aliphatic carboxylic acids is 1. The number of sulfonamides is 1. The molecule has 54 valence electrons. The van der Waals surface area contributed by atoms with Crippen LogP contribution in [0, 0.1) is 0 Å². The van der Waals surface area contributed by atoms with Gasteiger partial charge < -0.3 is 15.0 Å². The molecule has 0 amide bonds. The van der Waals surface area contributed by atoms with Crippen molar-refractivity contribution in [2.45, 2.75) is 6.42 Å². The van der Waals surface area contributed by atoms with Crippen molar-refractivity contribution in [2.75, 3.05) is 5.75 Å². The van der Waals surface area contributed by atoms with Gasteiger partial charge in [-0.1, -0.05) is 0 Å². The summed E-state index contributed by atoms with van der Waals surface area (Å²) in [6.45, 7) is 0. The molecule has 0 heterocycles. The fourth-order valence-corrected chi connectivity index (χ4v) is 0.653. The molecule has 0 aromatic carbocycles. The van der Waals surface area contributed by atoms with Crippen LogP contribution in [-0.4, -0.2) is 20.1 Å². The zero-order chi connectivity index (χ0) is 7.49. The van der Waals surface area contributed by atoms with Crippen molar-refractivity contribution >= 4 is 16.0 Å². The second kappa shape index (κ2) is 9.22. The first-order chi connectivity index (χ1) is 3.92. The summed E-state index contributed by atoms with van der Waals surface area (Å²) in [5.74, 6) is -2.12. The van der Waals surface area contributed by atoms with Crippen LogP contribution in [0.25, 0.3) is 5.14 Å². The fraction of sp³-hybridized carbons (Fsp3) is 0.667. The molecule has 1 N–H and O–H groups in total. The standard InChI is InChI=1S/C3H7NO4S.2K/c4-9(7,8)2-1-3(5)6;;/h1-2H2,(H3,4,5,6,7,8);;/q;2*+1/p-2. The van der Waals surface area contributed by atoms with Gasteiger partial charge in [-0.25, -0.2) is 8.42 Å². The second-order valence-corrected chi connectivity index (χ2v) is 3.08. The van der Waals surface area contributed by atoms with E-state index in [1.165, 1.54) is 0 Å². The molecule has 8 heteroatoms. The van der Waals surface area contributed by atoms with E-state index in [0.717, 1.165) is 0 Å². The summed E-state index contributed by atoms with van der Waals surface area (Å²) in [5.41, 5.74) is 0. The van der Waals surface area contributed by atoms with Crippen LogP contribution in [-0.2, 0) is 14.8 Å². The van der Waals surface area contributed by atoms with Crippen molar-refractivity contribution in [3.05, 3.63) is 5.14 Å². The third kappa shape index (κ3) is 19.2. The molecule has 0 atom stereocenters. The summed E-state index contributed by atoms with van der Waals surface area (Å²) >= 11 is 0. The molecule has 0 aromatic rings. The monoisotopic (exact) mass is 229 g/mol. The van der Waals surface area contributed by atoms with Crippen LogP contribution >= 0.6 is 0 Å². The fourth-order valence-electron chi connectivity index (χ4n) is 0.218. The molecule has 0 bridgehead atoms. The molecule has 5 nitrogen and oxygen atoms in total. The Morgan fingerprint density at radius 1 is 1.36 bits per heavy atom. The Labute approximate surface area is 150 Å². The van der Waals surface area contributed by atoms with Gasteiger partial charge in [-0.3, -0.25) is 0 Å². The average molecular weight is 229 g/mol. The number of hydrogen-bond donors (Lipinski definition) is 0. The van der Waals surface area contributed by atoms with Gasteiger partial charge in [0, 0.05) is 11.7 Å². The van der Waals surface area contributed by atoms with Crippen molar-refractivity contribution in [2.24, 2.45) is 0 Å². The molecule has 0 saturated carbocycles. The molecule has 0 fully saturated rings. The Kier molecular flexibility index (Phi) is 16.1. The van der Waals surface area contributed by atoms with Crippen molar-refractivity contribution < 1.29 is 121 Å². The van der Waals surface area contributed by atoms with E-state index >= 15 is 0 Å². The van der Waals surface area contributed by atoms with Crippen molar-refractivity contribution in [3.8, 4) is 0 Å². The van der Waals surface area contributed by atoms with Crippen LogP contribution in [0.5, 0.6) is 0 Å². The number of carboxylic acids is 1. The summed E-state index contributed by atoms with van der Waals surface area (Å²) in [7, 11) is -3.89. The van der Waals surface area contributed by atoms with E-state index in [2.05, 4.69) is 0 Å². The predicted molar refractivity (Wildman–Crippen MR) is 27.7 cm³/mol. The van der Waals surface area contributed by atoms with Crippen LogP contribution in [0.2, 0.25) is 0 Å². The minimum atomic E-state index is -3.89. The summed E-state index contributed by atoms with van der Waals surface area (Å²) in [5, 5.41) is 15.8. The van der Waals surface area contributed by atoms with E-state index < -0.39 is 28.2 Å². The third-order valence-electron chi connectivity index (χ3n) is 0.575. The molecule has 0 aromatic heterocycles. The van der Waals surface area contributed by atoms with Crippen LogP contribution in [0.15, 0.2) is 0 Å². The number of nitrogens with one attached hydrogen (secondary N) is 1. The second-order valence-electron chi connectivity index (χ2n) is 1.44. The summed E-state index contributed by atoms with van der Waals surface area (Å²) in [6, 6.07) is 0. The summed E-state index contributed by atoms with van der Waals surface area (Å²) in [4.78, 5) is 9.59. The van der Waals surface area contributed by atoms with E-state index in [4.69, 9.17) is 5.14 Å². The van der Waals surface area contributed by atoms with Crippen LogP contribution in [0.4, 0.5) is 0 Å². The Morgan fingerprint density at radius 3 is 1.82 bits per heavy atom. The smallest absolute Gasteiger partial charge is 0.564 e. The van der Waals surface area contributed by atoms with Crippen LogP contribution < -0.4 is 108 Å². The maximum Gasteiger partial charge on any atom is 1.00 e. The first-order valence-corrected chi connectivity index (χ1v) is 3.74. The van der Waals surface area contributed by atoms with Gasteiger partial charge in [0.2, 0.25) is 0 Å². The maximum atomic E-state index is 9.91. The zero-order valence-corrected chi connectivity index (χ0v) is 13.5. The number of carbonyl (C=O) groups is 1. The minimum Gasteiger partial charge on any atom is -0.564 e. The van der Waals surface area contributed by atoms with E-state index in [0.29, 0.717) is 0 Å². The minimum absolute atomic E-state index is 0.